The summed E-state index contributed by atoms with van der Waals surface area (Å²) in [6, 6.07) is 0. The Bertz CT molecular complexity index is 370. The van der Waals surface area contributed by atoms with Crippen LogP contribution in [0.3, 0.4) is 0 Å². The summed E-state index contributed by atoms with van der Waals surface area (Å²) in [5, 5.41) is 6.69. The van der Waals surface area contributed by atoms with Crippen LogP contribution >= 0.6 is 11.6 Å². The highest BCUT2D eigenvalue weighted by atomic mass is 35.5. The van der Waals surface area contributed by atoms with E-state index in [1.54, 1.807) is 13.3 Å². The summed E-state index contributed by atoms with van der Waals surface area (Å²) >= 11 is 6.01. The van der Waals surface area contributed by atoms with Crippen molar-refractivity contribution >= 4 is 23.4 Å². The van der Waals surface area contributed by atoms with Crippen LogP contribution in [0.25, 0.3) is 0 Å². The fourth-order valence-electron chi connectivity index (χ4n) is 1.10. The molecule has 0 aliphatic heterocycles. The first-order valence-electron chi connectivity index (χ1n) is 5.54. The van der Waals surface area contributed by atoms with Gasteiger partial charge in [-0.15, -0.1) is 0 Å². The molecule has 0 saturated heterocycles. The molecule has 0 bridgehead atoms. The number of anilines is 2. The second-order valence-electron chi connectivity index (χ2n) is 4.24. The Kier molecular flexibility index (Phi) is 4.96. The van der Waals surface area contributed by atoms with Crippen LogP contribution in [0.4, 0.5) is 11.8 Å². The topological polar surface area (TPSA) is 59.1 Å². The van der Waals surface area contributed by atoms with Crippen molar-refractivity contribution < 1.29 is 4.74 Å². The first kappa shape index (κ1) is 14.0. The van der Waals surface area contributed by atoms with E-state index >= 15 is 0 Å². The summed E-state index contributed by atoms with van der Waals surface area (Å²) in [7, 11) is 1.67. The third kappa shape index (κ3) is 4.36. The highest BCUT2D eigenvalue weighted by Gasteiger charge is 2.17. The van der Waals surface area contributed by atoms with Crippen LogP contribution in [0.15, 0.2) is 6.20 Å². The number of nitrogens with zero attached hydrogens (tertiary/aromatic N) is 2. The minimum absolute atomic E-state index is 0.271. The summed E-state index contributed by atoms with van der Waals surface area (Å²) in [5.74, 6) is 1.18. The van der Waals surface area contributed by atoms with Gasteiger partial charge in [0, 0.05) is 20.2 Å². The minimum atomic E-state index is -0.271. The Labute approximate surface area is 107 Å². The smallest absolute Gasteiger partial charge is 0.224 e. The van der Waals surface area contributed by atoms with Gasteiger partial charge in [0.25, 0.3) is 0 Å². The third-order valence-corrected chi connectivity index (χ3v) is 2.59. The molecular formula is C11H19ClN4O. The van der Waals surface area contributed by atoms with Gasteiger partial charge in [0.15, 0.2) is 5.82 Å². The molecule has 0 aromatic carbocycles. The number of aromatic nitrogens is 2. The van der Waals surface area contributed by atoms with Crippen molar-refractivity contribution in [2.75, 3.05) is 30.8 Å². The molecule has 0 aliphatic carbocycles. The zero-order chi connectivity index (χ0) is 12.9. The predicted octanol–water partition coefficient (Wildman–Crippen LogP) is 2.40. The van der Waals surface area contributed by atoms with E-state index in [-0.39, 0.29) is 5.60 Å². The molecule has 0 amide bonds. The first-order valence-corrected chi connectivity index (χ1v) is 5.91. The molecule has 0 unspecified atom stereocenters. The quantitative estimate of drug-likeness (QED) is 0.821. The van der Waals surface area contributed by atoms with E-state index in [1.807, 2.05) is 20.8 Å². The fourth-order valence-corrected chi connectivity index (χ4v) is 1.26. The Morgan fingerprint density at radius 2 is 2.12 bits per heavy atom. The van der Waals surface area contributed by atoms with E-state index in [4.69, 9.17) is 16.3 Å². The molecule has 96 valence electrons. The highest BCUT2D eigenvalue weighted by molar-refractivity contribution is 6.32. The van der Waals surface area contributed by atoms with Crippen LogP contribution in [-0.4, -0.2) is 35.8 Å². The number of methoxy groups -OCH3 is 1. The van der Waals surface area contributed by atoms with Crippen LogP contribution in [0.5, 0.6) is 0 Å². The molecule has 1 rings (SSSR count). The molecule has 0 atom stereocenters. The van der Waals surface area contributed by atoms with Gasteiger partial charge in [-0.3, -0.25) is 0 Å². The van der Waals surface area contributed by atoms with Crippen molar-refractivity contribution in [2.45, 2.75) is 26.4 Å². The van der Waals surface area contributed by atoms with E-state index in [1.165, 1.54) is 0 Å². The van der Waals surface area contributed by atoms with Crippen LogP contribution in [-0.2, 0) is 4.74 Å². The molecule has 0 saturated carbocycles. The van der Waals surface area contributed by atoms with Crippen molar-refractivity contribution in [3.05, 3.63) is 11.2 Å². The molecular weight excluding hydrogens is 240 g/mol. The Morgan fingerprint density at radius 3 is 2.71 bits per heavy atom. The van der Waals surface area contributed by atoms with Crippen molar-refractivity contribution in [1.29, 1.82) is 0 Å². The first-order chi connectivity index (χ1) is 7.98. The van der Waals surface area contributed by atoms with Crippen LogP contribution in [0.2, 0.25) is 5.02 Å². The maximum absolute atomic E-state index is 6.01. The Balaban J connectivity index is 2.72. The SMILES string of the molecule is CCNc1ncc(Cl)c(NCC(C)(C)OC)n1. The molecule has 1 heterocycles. The summed E-state index contributed by atoms with van der Waals surface area (Å²) in [5.41, 5.74) is -0.271. The maximum Gasteiger partial charge on any atom is 0.224 e. The summed E-state index contributed by atoms with van der Waals surface area (Å²) in [4.78, 5) is 8.35. The predicted molar refractivity (Wildman–Crippen MR) is 70.8 cm³/mol. The van der Waals surface area contributed by atoms with E-state index in [0.717, 1.165) is 6.54 Å². The van der Waals surface area contributed by atoms with Gasteiger partial charge in [0.05, 0.1) is 11.8 Å². The van der Waals surface area contributed by atoms with Crippen molar-refractivity contribution in [3.8, 4) is 0 Å². The molecule has 0 radical (unpaired) electrons. The van der Waals surface area contributed by atoms with E-state index in [2.05, 4.69) is 20.6 Å². The lowest BCUT2D eigenvalue weighted by Gasteiger charge is -2.23. The van der Waals surface area contributed by atoms with E-state index in [9.17, 15) is 0 Å². The van der Waals surface area contributed by atoms with Gasteiger partial charge in [-0.05, 0) is 20.8 Å². The fraction of sp³-hybridized carbons (Fsp3) is 0.636. The highest BCUT2D eigenvalue weighted by Crippen LogP contribution is 2.20. The molecule has 0 spiro atoms. The number of hydrogen-bond acceptors (Lipinski definition) is 5. The van der Waals surface area contributed by atoms with Crippen molar-refractivity contribution in [3.63, 3.8) is 0 Å². The maximum atomic E-state index is 6.01. The number of rotatable bonds is 6. The van der Waals surface area contributed by atoms with Gasteiger partial charge in [0.2, 0.25) is 5.95 Å². The zero-order valence-electron chi connectivity index (χ0n) is 10.7. The monoisotopic (exact) mass is 258 g/mol. The zero-order valence-corrected chi connectivity index (χ0v) is 11.4. The lowest BCUT2D eigenvalue weighted by molar-refractivity contribution is 0.0343. The number of nitrogens with one attached hydrogen (secondary N) is 2. The van der Waals surface area contributed by atoms with Gasteiger partial charge < -0.3 is 15.4 Å². The summed E-state index contributed by atoms with van der Waals surface area (Å²) < 4.78 is 5.31. The Hall–Kier alpha value is -1.07. The second kappa shape index (κ2) is 6.02. The summed E-state index contributed by atoms with van der Waals surface area (Å²) in [6.45, 7) is 7.34. The van der Waals surface area contributed by atoms with Crippen LogP contribution in [0, 0.1) is 0 Å². The number of ether oxygens (including phenoxy) is 1. The van der Waals surface area contributed by atoms with Gasteiger partial charge in [0.1, 0.15) is 5.02 Å². The minimum Gasteiger partial charge on any atom is -0.377 e. The largest absolute Gasteiger partial charge is 0.377 e. The second-order valence-corrected chi connectivity index (χ2v) is 4.65. The average molecular weight is 259 g/mol. The van der Waals surface area contributed by atoms with Crippen LogP contribution < -0.4 is 10.6 Å². The summed E-state index contributed by atoms with van der Waals surface area (Å²) in [6.07, 6.45) is 1.58. The average Bonchev–Trinajstić information content (AvgIpc) is 2.30. The van der Waals surface area contributed by atoms with E-state index < -0.39 is 0 Å². The normalized spacial score (nSPS) is 11.4. The number of halogens is 1. The van der Waals surface area contributed by atoms with Crippen molar-refractivity contribution in [2.24, 2.45) is 0 Å². The van der Waals surface area contributed by atoms with Gasteiger partial charge in [-0.1, -0.05) is 11.6 Å². The third-order valence-electron chi connectivity index (χ3n) is 2.31. The Morgan fingerprint density at radius 1 is 1.41 bits per heavy atom. The van der Waals surface area contributed by atoms with Gasteiger partial charge in [-0.25, -0.2) is 4.98 Å². The molecule has 17 heavy (non-hydrogen) atoms. The van der Waals surface area contributed by atoms with Crippen molar-refractivity contribution in [1.82, 2.24) is 9.97 Å². The van der Waals surface area contributed by atoms with Crippen LogP contribution in [0.1, 0.15) is 20.8 Å². The molecule has 0 aliphatic rings. The molecule has 6 heteroatoms. The molecule has 1 aromatic rings. The lowest BCUT2D eigenvalue weighted by atomic mass is 10.1. The molecule has 0 fully saturated rings. The number of hydrogen-bond donors (Lipinski definition) is 2. The van der Waals surface area contributed by atoms with E-state index in [0.29, 0.717) is 23.3 Å². The van der Waals surface area contributed by atoms with Gasteiger partial charge >= 0.3 is 0 Å². The standard InChI is InChI=1S/C11H19ClN4O/c1-5-13-10-14-6-8(12)9(16-10)15-7-11(2,3)17-4/h6H,5,7H2,1-4H3,(H2,13,14,15,16). The van der Waals surface area contributed by atoms with Gasteiger partial charge in [-0.2, -0.15) is 4.98 Å². The molecule has 5 nitrogen and oxygen atoms in total. The molecule has 2 N–H and O–H groups in total. The molecule has 1 aromatic heterocycles. The lowest BCUT2D eigenvalue weighted by Crippen LogP contribution is -2.32.